The van der Waals surface area contributed by atoms with E-state index in [1.54, 1.807) is 42.5 Å². The Labute approximate surface area is 186 Å². The normalized spacial score (nSPS) is 15.2. The van der Waals surface area contributed by atoms with E-state index in [4.69, 9.17) is 33.3 Å². The van der Waals surface area contributed by atoms with Gasteiger partial charge in [-0.25, -0.2) is 0 Å². The van der Waals surface area contributed by atoms with E-state index in [-0.39, 0.29) is 23.3 Å². The van der Waals surface area contributed by atoms with Gasteiger partial charge in [-0.2, -0.15) is 0 Å². The summed E-state index contributed by atoms with van der Waals surface area (Å²) in [4.78, 5) is 28.0. The summed E-state index contributed by atoms with van der Waals surface area (Å²) in [5.74, 6) is -0.499. The molecule has 1 aliphatic rings. The highest BCUT2D eigenvalue weighted by Crippen LogP contribution is 2.36. The van der Waals surface area contributed by atoms with Crippen molar-refractivity contribution >= 4 is 68.5 Å². The molecular weight excluding hydrogens is 480 g/mol. The zero-order chi connectivity index (χ0) is 21.1. The van der Waals surface area contributed by atoms with Crippen molar-refractivity contribution in [3.05, 3.63) is 63.2 Å². The van der Waals surface area contributed by atoms with Gasteiger partial charge in [0.15, 0.2) is 5.11 Å². The average molecular weight is 496 g/mol. The number of carbonyl (C=O) groups excluding carboxylic acids is 2. The van der Waals surface area contributed by atoms with Gasteiger partial charge in [0.05, 0.1) is 24.9 Å². The molecule has 0 aromatic heterocycles. The number of hydrogen-bond acceptors (Lipinski definition) is 5. The number of para-hydroxylation sites is 1. The number of anilines is 1. The van der Waals surface area contributed by atoms with Crippen molar-refractivity contribution < 1.29 is 19.1 Å². The molecule has 0 saturated carbocycles. The van der Waals surface area contributed by atoms with Crippen LogP contribution in [0.1, 0.15) is 5.56 Å². The number of thiocarbonyl (C=S) groups is 1. The molecule has 1 heterocycles. The summed E-state index contributed by atoms with van der Waals surface area (Å²) in [6.07, 6.45) is 1.59. The molecule has 9 heteroatoms. The Kier molecular flexibility index (Phi) is 6.56. The fraction of sp³-hybridized carbons (Fsp3) is 0.150. The van der Waals surface area contributed by atoms with Crippen LogP contribution < -0.4 is 9.64 Å². The Balaban J connectivity index is 2.14. The van der Waals surface area contributed by atoms with Gasteiger partial charge >= 0.3 is 5.97 Å². The van der Waals surface area contributed by atoms with E-state index in [0.717, 1.165) is 0 Å². The number of hydrogen-bond donors (Lipinski definition) is 0. The smallest absolute Gasteiger partial charge is 0.325 e. The van der Waals surface area contributed by atoms with Crippen LogP contribution in [0.2, 0.25) is 5.02 Å². The Morgan fingerprint density at radius 2 is 1.93 bits per heavy atom. The fourth-order valence-electron chi connectivity index (χ4n) is 2.88. The molecule has 29 heavy (non-hydrogen) atoms. The SMILES string of the molecule is COC(=O)CN1C(=S)N(c2ccccc2)C(=O)/C1=C/c1cc(Br)cc(Cl)c1OC. The molecule has 150 valence electrons. The third-order valence-electron chi connectivity index (χ3n) is 4.20. The molecule has 0 radical (unpaired) electrons. The Bertz CT molecular complexity index is 1010. The number of esters is 1. The van der Waals surface area contributed by atoms with Crippen LogP contribution in [0.5, 0.6) is 5.75 Å². The second kappa shape index (κ2) is 8.94. The standard InChI is InChI=1S/C20H16BrClN2O4S/c1-27-17(25)11-23-16(9-12-8-13(21)10-15(22)18(12)28-2)19(26)24(20(23)29)14-6-4-3-5-7-14/h3-10H,11H2,1-2H3/b16-9-. The fourth-order valence-corrected chi connectivity index (χ4v) is 4.14. The first kappa shape index (κ1) is 21.3. The van der Waals surface area contributed by atoms with Crippen molar-refractivity contribution in [1.29, 1.82) is 0 Å². The first-order valence-corrected chi connectivity index (χ1v) is 9.97. The highest BCUT2D eigenvalue weighted by Gasteiger charge is 2.40. The van der Waals surface area contributed by atoms with E-state index in [2.05, 4.69) is 15.9 Å². The second-order valence-corrected chi connectivity index (χ2v) is 7.65. The molecule has 1 saturated heterocycles. The maximum absolute atomic E-state index is 13.3. The lowest BCUT2D eigenvalue weighted by molar-refractivity contribution is -0.140. The van der Waals surface area contributed by atoms with Crippen LogP contribution in [0, 0.1) is 0 Å². The van der Waals surface area contributed by atoms with Crippen LogP contribution in [0.15, 0.2) is 52.6 Å². The molecular formula is C20H16BrClN2O4S. The molecule has 2 aromatic carbocycles. The van der Waals surface area contributed by atoms with Crippen molar-refractivity contribution in [2.24, 2.45) is 0 Å². The molecule has 0 aliphatic carbocycles. The highest BCUT2D eigenvalue weighted by atomic mass is 79.9. The summed E-state index contributed by atoms with van der Waals surface area (Å²) >= 11 is 15.2. The minimum Gasteiger partial charge on any atom is -0.495 e. The quantitative estimate of drug-likeness (QED) is 0.351. The molecule has 2 aromatic rings. The van der Waals surface area contributed by atoms with Gasteiger partial charge in [-0.15, -0.1) is 0 Å². The highest BCUT2D eigenvalue weighted by molar-refractivity contribution is 9.10. The zero-order valence-corrected chi connectivity index (χ0v) is 18.7. The molecule has 3 rings (SSSR count). The summed E-state index contributed by atoms with van der Waals surface area (Å²) in [6.45, 7) is -0.208. The van der Waals surface area contributed by atoms with Crippen LogP contribution >= 0.6 is 39.7 Å². The van der Waals surface area contributed by atoms with E-state index in [1.807, 2.05) is 6.07 Å². The lowest BCUT2D eigenvalue weighted by Gasteiger charge is -2.19. The predicted octanol–water partition coefficient (Wildman–Crippen LogP) is 4.26. The largest absolute Gasteiger partial charge is 0.495 e. The lowest BCUT2D eigenvalue weighted by atomic mass is 10.1. The topological polar surface area (TPSA) is 59.1 Å². The second-order valence-electron chi connectivity index (χ2n) is 5.96. The number of ether oxygens (including phenoxy) is 2. The van der Waals surface area contributed by atoms with Crippen LogP contribution in [-0.2, 0) is 14.3 Å². The Morgan fingerprint density at radius 1 is 1.24 bits per heavy atom. The monoisotopic (exact) mass is 494 g/mol. The molecule has 0 atom stereocenters. The third kappa shape index (κ3) is 4.29. The maximum Gasteiger partial charge on any atom is 0.325 e. The van der Waals surface area contributed by atoms with Crippen molar-refractivity contribution in [3.63, 3.8) is 0 Å². The first-order valence-electron chi connectivity index (χ1n) is 8.40. The van der Waals surface area contributed by atoms with Gasteiger partial charge in [0.25, 0.3) is 5.91 Å². The molecule has 1 fully saturated rings. The summed E-state index contributed by atoms with van der Waals surface area (Å²) in [5, 5.41) is 0.555. The number of rotatable bonds is 5. The zero-order valence-electron chi connectivity index (χ0n) is 15.5. The summed E-state index contributed by atoms with van der Waals surface area (Å²) in [7, 11) is 2.76. The summed E-state index contributed by atoms with van der Waals surface area (Å²) in [5.41, 5.74) is 1.36. The van der Waals surface area contributed by atoms with Crippen molar-refractivity contribution in [1.82, 2.24) is 4.90 Å². The van der Waals surface area contributed by atoms with E-state index in [9.17, 15) is 9.59 Å². The average Bonchev–Trinajstić information content (AvgIpc) is 2.92. The van der Waals surface area contributed by atoms with E-state index >= 15 is 0 Å². The van der Waals surface area contributed by atoms with Crippen molar-refractivity contribution in [2.75, 3.05) is 25.7 Å². The minimum absolute atomic E-state index is 0.179. The number of amides is 1. The minimum atomic E-state index is -0.528. The van der Waals surface area contributed by atoms with E-state index in [0.29, 0.717) is 26.5 Å². The van der Waals surface area contributed by atoms with Crippen molar-refractivity contribution in [2.45, 2.75) is 0 Å². The van der Waals surface area contributed by atoms with Gasteiger partial charge in [0.1, 0.15) is 18.0 Å². The van der Waals surface area contributed by atoms with Crippen LogP contribution in [0.4, 0.5) is 5.69 Å². The number of nitrogens with zero attached hydrogens (tertiary/aromatic N) is 2. The number of methoxy groups -OCH3 is 2. The maximum atomic E-state index is 13.3. The van der Waals surface area contributed by atoms with Crippen molar-refractivity contribution in [3.8, 4) is 5.75 Å². The molecule has 6 nitrogen and oxygen atoms in total. The molecule has 1 aliphatic heterocycles. The van der Waals surface area contributed by atoms with Gasteiger partial charge in [-0.3, -0.25) is 14.5 Å². The number of benzene rings is 2. The summed E-state index contributed by atoms with van der Waals surface area (Å²) in [6, 6.07) is 12.4. The number of halogens is 2. The van der Waals surface area contributed by atoms with Crippen LogP contribution in [0.25, 0.3) is 6.08 Å². The number of carbonyl (C=O) groups is 2. The van der Waals surface area contributed by atoms with Crippen LogP contribution in [0.3, 0.4) is 0 Å². The van der Waals surface area contributed by atoms with Gasteiger partial charge < -0.3 is 14.4 Å². The summed E-state index contributed by atoms with van der Waals surface area (Å²) < 4.78 is 10.9. The molecule has 1 amide bonds. The molecule has 0 spiro atoms. The lowest BCUT2D eigenvalue weighted by Crippen LogP contribution is -2.35. The third-order valence-corrected chi connectivity index (χ3v) is 5.34. The van der Waals surface area contributed by atoms with E-state index in [1.165, 1.54) is 24.0 Å². The van der Waals surface area contributed by atoms with Gasteiger partial charge in [0.2, 0.25) is 0 Å². The van der Waals surface area contributed by atoms with Gasteiger partial charge in [-0.1, -0.05) is 45.7 Å². The Morgan fingerprint density at radius 3 is 2.55 bits per heavy atom. The van der Waals surface area contributed by atoms with E-state index < -0.39 is 5.97 Å². The molecule has 0 bridgehead atoms. The van der Waals surface area contributed by atoms with Gasteiger partial charge in [0, 0.05) is 10.0 Å². The predicted molar refractivity (Wildman–Crippen MR) is 119 cm³/mol. The first-order chi connectivity index (χ1) is 13.9. The van der Waals surface area contributed by atoms with Gasteiger partial charge in [-0.05, 0) is 42.6 Å². The van der Waals surface area contributed by atoms with Crippen LogP contribution in [-0.4, -0.2) is 42.7 Å². The Hall–Kier alpha value is -2.42. The molecule has 0 N–H and O–H groups in total. The molecule has 0 unspecified atom stereocenters.